The van der Waals surface area contributed by atoms with E-state index < -0.39 is 0 Å². The molecule has 0 aliphatic heterocycles. The molecule has 2 atom stereocenters. The van der Waals surface area contributed by atoms with E-state index in [4.69, 9.17) is 5.73 Å². The predicted octanol–water partition coefficient (Wildman–Crippen LogP) is 2.15. The molecule has 82 valence electrons. The van der Waals surface area contributed by atoms with Gasteiger partial charge < -0.3 is 5.73 Å². The van der Waals surface area contributed by atoms with Crippen LogP contribution in [0.4, 0.5) is 0 Å². The van der Waals surface area contributed by atoms with Gasteiger partial charge in [-0.25, -0.2) is 4.98 Å². The van der Waals surface area contributed by atoms with Gasteiger partial charge in [0.1, 0.15) is 5.69 Å². The molecule has 1 heterocycles. The van der Waals surface area contributed by atoms with E-state index in [0.717, 1.165) is 30.7 Å². The molecule has 1 aliphatic carbocycles. The molecule has 1 saturated carbocycles. The van der Waals surface area contributed by atoms with Crippen LogP contribution < -0.4 is 5.73 Å². The van der Waals surface area contributed by atoms with Crippen molar-refractivity contribution in [1.29, 1.82) is 0 Å². The van der Waals surface area contributed by atoms with Gasteiger partial charge in [0.2, 0.25) is 0 Å². The fourth-order valence-electron chi connectivity index (χ4n) is 2.15. The largest absolute Gasteiger partial charge is 0.328 e. The first kappa shape index (κ1) is 10.8. The molecule has 2 N–H and O–H groups in total. The van der Waals surface area contributed by atoms with E-state index in [-0.39, 0.29) is 17.7 Å². The summed E-state index contributed by atoms with van der Waals surface area (Å²) in [7, 11) is 0. The number of carbonyl (C=O) groups excluding carboxylic acids is 1. The normalized spacial score (nSPS) is 26.5. The molecule has 3 nitrogen and oxygen atoms in total. The van der Waals surface area contributed by atoms with Crippen molar-refractivity contribution in [1.82, 2.24) is 4.98 Å². The van der Waals surface area contributed by atoms with Crippen LogP contribution in [0.3, 0.4) is 0 Å². The summed E-state index contributed by atoms with van der Waals surface area (Å²) in [6.45, 7) is 1.92. The maximum absolute atomic E-state index is 12.0. The summed E-state index contributed by atoms with van der Waals surface area (Å²) in [5.74, 6) is 0.296. The van der Waals surface area contributed by atoms with Crippen molar-refractivity contribution < 1.29 is 4.79 Å². The third-order valence-electron chi connectivity index (χ3n) is 2.96. The Hall–Kier alpha value is -0.740. The smallest absolute Gasteiger partial charge is 0.185 e. The number of nitrogens with zero attached hydrogens (tertiary/aromatic N) is 1. The van der Waals surface area contributed by atoms with Gasteiger partial charge in [-0.15, -0.1) is 11.3 Å². The number of hydrogen-bond acceptors (Lipinski definition) is 4. The van der Waals surface area contributed by atoms with Crippen LogP contribution in [0.25, 0.3) is 0 Å². The van der Waals surface area contributed by atoms with Gasteiger partial charge in [-0.1, -0.05) is 6.42 Å². The van der Waals surface area contributed by atoms with E-state index in [1.165, 1.54) is 11.3 Å². The van der Waals surface area contributed by atoms with Crippen LogP contribution in [0.1, 0.15) is 41.2 Å². The second kappa shape index (κ2) is 4.41. The SMILES string of the molecule is Cc1nc(C(=O)C2CCCC(N)C2)cs1. The van der Waals surface area contributed by atoms with Gasteiger partial charge in [-0.05, 0) is 26.2 Å². The molecule has 1 aliphatic rings. The van der Waals surface area contributed by atoms with Crippen LogP contribution >= 0.6 is 11.3 Å². The molecule has 2 unspecified atom stereocenters. The Morgan fingerprint density at radius 2 is 2.40 bits per heavy atom. The number of rotatable bonds is 2. The highest BCUT2D eigenvalue weighted by Gasteiger charge is 2.27. The molecule has 15 heavy (non-hydrogen) atoms. The number of nitrogens with two attached hydrogens (primary N) is 1. The Kier molecular flexibility index (Phi) is 3.17. The lowest BCUT2D eigenvalue weighted by Crippen LogP contribution is -2.31. The van der Waals surface area contributed by atoms with Gasteiger partial charge in [-0.2, -0.15) is 0 Å². The fourth-order valence-corrected chi connectivity index (χ4v) is 2.75. The number of aryl methyl sites for hydroxylation is 1. The second-order valence-corrected chi connectivity index (χ2v) is 5.30. The number of Topliss-reactive ketones (excluding diaryl/α,β-unsaturated/α-hetero) is 1. The molecule has 1 fully saturated rings. The van der Waals surface area contributed by atoms with Crippen molar-refractivity contribution in [2.75, 3.05) is 0 Å². The summed E-state index contributed by atoms with van der Waals surface area (Å²) in [6.07, 6.45) is 3.93. The molecular formula is C11H16N2OS. The Bertz CT molecular complexity index is 361. The number of aromatic nitrogens is 1. The van der Waals surface area contributed by atoms with Gasteiger partial charge in [0.25, 0.3) is 0 Å². The van der Waals surface area contributed by atoms with Gasteiger partial charge in [0.05, 0.1) is 5.01 Å². The van der Waals surface area contributed by atoms with Crippen molar-refractivity contribution in [2.24, 2.45) is 11.7 Å². The topological polar surface area (TPSA) is 56.0 Å². The first-order valence-corrected chi connectivity index (χ1v) is 6.26. The van der Waals surface area contributed by atoms with Crippen molar-refractivity contribution in [3.8, 4) is 0 Å². The molecular weight excluding hydrogens is 208 g/mol. The van der Waals surface area contributed by atoms with Crippen LogP contribution in [0.5, 0.6) is 0 Å². The third kappa shape index (κ3) is 2.44. The molecule has 0 saturated heterocycles. The first-order valence-electron chi connectivity index (χ1n) is 5.38. The van der Waals surface area contributed by atoms with Gasteiger partial charge in [0.15, 0.2) is 5.78 Å². The maximum Gasteiger partial charge on any atom is 0.185 e. The first-order chi connectivity index (χ1) is 7.16. The van der Waals surface area contributed by atoms with Crippen LogP contribution in [0.15, 0.2) is 5.38 Å². The Morgan fingerprint density at radius 3 is 3.00 bits per heavy atom. The molecule has 0 aromatic carbocycles. The highest BCUT2D eigenvalue weighted by Crippen LogP contribution is 2.26. The second-order valence-electron chi connectivity index (χ2n) is 4.24. The van der Waals surface area contributed by atoms with E-state index in [9.17, 15) is 4.79 Å². The average molecular weight is 224 g/mol. The van der Waals surface area contributed by atoms with Crippen molar-refractivity contribution >= 4 is 17.1 Å². The zero-order valence-corrected chi connectivity index (χ0v) is 9.72. The molecule has 1 aromatic heterocycles. The van der Waals surface area contributed by atoms with Gasteiger partial charge >= 0.3 is 0 Å². The summed E-state index contributed by atoms with van der Waals surface area (Å²) < 4.78 is 0. The minimum atomic E-state index is 0.107. The van der Waals surface area contributed by atoms with Gasteiger partial charge in [-0.3, -0.25) is 4.79 Å². The lowest BCUT2D eigenvalue weighted by molar-refractivity contribution is 0.0877. The number of hydrogen-bond donors (Lipinski definition) is 1. The van der Waals surface area contributed by atoms with E-state index in [1.807, 2.05) is 12.3 Å². The van der Waals surface area contributed by atoms with Crippen LogP contribution in [0.2, 0.25) is 0 Å². The van der Waals surface area contributed by atoms with Crippen LogP contribution in [-0.4, -0.2) is 16.8 Å². The maximum atomic E-state index is 12.0. The third-order valence-corrected chi connectivity index (χ3v) is 3.73. The zero-order valence-electron chi connectivity index (χ0n) is 8.90. The molecule has 0 spiro atoms. The summed E-state index contributed by atoms with van der Waals surface area (Å²) in [4.78, 5) is 16.3. The minimum absolute atomic E-state index is 0.107. The molecule has 4 heteroatoms. The summed E-state index contributed by atoms with van der Waals surface area (Å²) in [5, 5.41) is 2.82. The summed E-state index contributed by atoms with van der Waals surface area (Å²) >= 11 is 1.53. The number of carbonyl (C=O) groups is 1. The van der Waals surface area contributed by atoms with Gasteiger partial charge in [0, 0.05) is 17.3 Å². The summed E-state index contributed by atoms with van der Waals surface area (Å²) in [5.41, 5.74) is 6.51. The van der Waals surface area contributed by atoms with E-state index in [0.29, 0.717) is 5.69 Å². The Balaban J connectivity index is 2.07. The molecule has 0 amide bonds. The van der Waals surface area contributed by atoms with E-state index in [2.05, 4.69) is 4.98 Å². The predicted molar refractivity (Wildman–Crippen MR) is 61.1 cm³/mol. The lowest BCUT2D eigenvalue weighted by Gasteiger charge is -2.24. The van der Waals surface area contributed by atoms with Crippen molar-refractivity contribution in [3.63, 3.8) is 0 Å². The zero-order chi connectivity index (χ0) is 10.8. The highest BCUT2D eigenvalue weighted by atomic mass is 32.1. The molecule has 0 bridgehead atoms. The van der Waals surface area contributed by atoms with E-state index >= 15 is 0 Å². The van der Waals surface area contributed by atoms with E-state index in [1.54, 1.807) is 0 Å². The molecule has 2 rings (SSSR count). The number of ketones is 1. The summed E-state index contributed by atoms with van der Waals surface area (Å²) in [6, 6.07) is 0.201. The highest BCUT2D eigenvalue weighted by molar-refractivity contribution is 7.09. The standard InChI is InChI=1S/C11H16N2OS/c1-7-13-10(6-15-7)11(14)8-3-2-4-9(12)5-8/h6,8-9H,2-5,12H2,1H3. The number of thiazole rings is 1. The fraction of sp³-hybridized carbons (Fsp3) is 0.636. The van der Waals surface area contributed by atoms with Crippen molar-refractivity contribution in [3.05, 3.63) is 16.1 Å². The lowest BCUT2D eigenvalue weighted by atomic mass is 9.83. The average Bonchev–Trinajstić information content (AvgIpc) is 2.64. The quantitative estimate of drug-likeness (QED) is 0.783. The Labute approximate surface area is 93.7 Å². The van der Waals surface area contributed by atoms with Crippen LogP contribution in [-0.2, 0) is 0 Å². The minimum Gasteiger partial charge on any atom is -0.328 e. The molecule has 0 radical (unpaired) electrons. The Morgan fingerprint density at radius 1 is 1.60 bits per heavy atom. The monoisotopic (exact) mass is 224 g/mol. The van der Waals surface area contributed by atoms with Crippen molar-refractivity contribution in [2.45, 2.75) is 38.6 Å². The molecule has 1 aromatic rings. The van der Waals surface area contributed by atoms with Crippen LogP contribution in [0, 0.1) is 12.8 Å².